The quantitative estimate of drug-likeness (QED) is 0.371. The summed E-state index contributed by atoms with van der Waals surface area (Å²) < 4.78 is 26.0. The normalized spacial score (nSPS) is 25.8. The standard InChI is InChI=1S/C36H51FN6O4/c1-24(2)43(25(3)4)34(45)29-16-28(37)6-7-30(29)47-31-18-38-23-39-32(31)42-21-35(22-42)12-14-41(15-13-35)19-26-8-10-36(11-9-26)17-27(20-46-5)33(44)40-36/h6-7,16,18,23-27H,8-15,17,19-22H2,1-5H3,(H,40,44)/t26?,27-,36?/m0/s1. The Balaban J connectivity index is 1.03. The van der Waals surface area contributed by atoms with Crippen molar-refractivity contribution in [1.82, 2.24) is 25.1 Å². The third-order valence-electron chi connectivity index (χ3n) is 11.0. The number of carbonyl (C=O) groups is 2. The number of halogens is 1. The Bertz CT molecular complexity index is 1420. The van der Waals surface area contributed by atoms with Crippen molar-refractivity contribution in [1.29, 1.82) is 0 Å². The minimum absolute atomic E-state index is 0.00292. The number of amides is 2. The molecule has 1 saturated carbocycles. The van der Waals surface area contributed by atoms with Gasteiger partial charge in [0.05, 0.1) is 24.3 Å². The molecule has 47 heavy (non-hydrogen) atoms. The summed E-state index contributed by atoms with van der Waals surface area (Å²) in [6.07, 6.45) is 10.8. The van der Waals surface area contributed by atoms with Gasteiger partial charge in [-0.1, -0.05) is 0 Å². The van der Waals surface area contributed by atoms with E-state index in [-0.39, 0.29) is 46.3 Å². The molecule has 2 spiro atoms. The van der Waals surface area contributed by atoms with E-state index in [1.54, 1.807) is 18.2 Å². The lowest BCUT2D eigenvalue weighted by molar-refractivity contribution is -0.124. The number of anilines is 1. The Morgan fingerprint density at radius 1 is 1.09 bits per heavy atom. The zero-order chi connectivity index (χ0) is 33.3. The monoisotopic (exact) mass is 650 g/mol. The van der Waals surface area contributed by atoms with Gasteiger partial charge < -0.3 is 29.5 Å². The van der Waals surface area contributed by atoms with E-state index in [4.69, 9.17) is 9.47 Å². The van der Waals surface area contributed by atoms with Gasteiger partial charge in [0.25, 0.3) is 5.91 Å². The van der Waals surface area contributed by atoms with Crippen LogP contribution >= 0.6 is 0 Å². The van der Waals surface area contributed by atoms with E-state index in [2.05, 4.69) is 25.1 Å². The van der Waals surface area contributed by atoms with Gasteiger partial charge >= 0.3 is 0 Å². The number of nitrogens with one attached hydrogen (secondary N) is 1. The van der Waals surface area contributed by atoms with Crippen LogP contribution in [0.3, 0.4) is 0 Å². The molecule has 3 saturated heterocycles. The maximum atomic E-state index is 14.4. The average molecular weight is 651 g/mol. The molecule has 2 aromatic rings. The highest BCUT2D eigenvalue weighted by Gasteiger charge is 2.48. The van der Waals surface area contributed by atoms with Crippen molar-refractivity contribution < 1.29 is 23.5 Å². The maximum Gasteiger partial charge on any atom is 0.258 e. The molecule has 4 fully saturated rings. The van der Waals surface area contributed by atoms with E-state index in [1.165, 1.54) is 37.4 Å². The molecule has 3 aliphatic heterocycles. The Morgan fingerprint density at radius 3 is 2.45 bits per heavy atom. The molecule has 256 valence electrons. The minimum Gasteiger partial charge on any atom is -0.451 e. The number of hydrogen-bond acceptors (Lipinski definition) is 8. The fourth-order valence-electron chi connectivity index (χ4n) is 8.56. The molecule has 1 N–H and O–H groups in total. The summed E-state index contributed by atoms with van der Waals surface area (Å²) in [5.74, 6) is 1.54. The molecule has 0 radical (unpaired) electrons. The van der Waals surface area contributed by atoms with Gasteiger partial charge in [0, 0.05) is 49.8 Å². The fraction of sp³-hybridized carbons (Fsp3) is 0.667. The lowest BCUT2D eigenvalue weighted by atomic mass is 9.71. The van der Waals surface area contributed by atoms with Crippen LogP contribution in [0.4, 0.5) is 10.2 Å². The third-order valence-corrected chi connectivity index (χ3v) is 11.0. The summed E-state index contributed by atoms with van der Waals surface area (Å²) in [5.41, 5.74) is 0.426. The first-order valence-electron chi connectivity index (χ1n) is 17.4. The predicted octanol–water partition coefficient (Wildman–Crippen LogP) is 5.28. The highest BCUT2D eigenvalue weighted by molar-refractivity contribution is 5.97. The van der Waals surface area contributed by atoms with Crippen molar-refractivity contribution >= 4 is 17.6 Å². The number of carbonyl (C=O) groups excluding carboxylic acids is 2. The number of piperidine rings is 1. The number of likely N-dealkylation sites (tertiary alicyclic amines) is 1. The zero-order valence-corrected chi connectivity index (χ0v) is 28.6. The number of hydrogen-bond donors (Lipinski definition) is 1. The summed E-state index contributed by atoms with van der Waals surface area (Å²) in [5, 5.41) is 3.32. The van der Waals surface area contributed by atoms with Gasteiger partial charge in [-0.25, -0.2) is 14.4 Å². The Kier molecular flexibility index (Phi) is 9.76. The zero-order valence-electron chi connectivity index (χ0n) is 28.6. The van der Waals surface area contributed by atoms with E-state index in [0.717, 1.165) is 64.8 Å². The van der Waals surface area contributed by atoms with Crippen LogP contribution in [0.2, 0.25) is 0 Å². The summed E-state index contributed by atoms with van der Waals surface area (Å²) >= 11 is 0. The Labute approximate surface area is 278 Å². The van der Waals surface area contributed by atoms with Crippen molar-refractivity contribution in [2.75, 3.05) is 51.3 Å². The van der Waals surface area contributed by atoms with E-state index in [0.29, 0.717) is 29.8 Å². The van der Waals surface area contributed by atoms with Gasteiger partial charge in [-0.05, 0) is 110 Å². The summed E-state index contributed by atoms with van der Waals surface area (Å²) in [6.45, 7) is 13.4. The lowest BCUT2D eigenvalue weighted by Crippen LogP contribution is -2.61. The summed E-state index contributed by atoms with van der Waals surface area (Å²) in [7, 11) is 1.67. The van der Waals surface area contributed by atoms with Crippen molar-refractivity contribution in [3.63, 3.8) is 0 Å². The van der Waals surface area contributed by atoms with Crippen LogP contribution in [0.15, 0.2) is 30.7 Å². The highest BCUT2D eigenvalue weighted by atomic mass is 19.1. The van der Waals surface area contributed by atoms with Crippen molar-refractivity contribution in [3.05, 3.63) is 42.1 Å². The number of aromatic nitrogens is 2. The van der Waals surface area contributed by atoms with Crippen molar-refractivity contribution in [2.45, 2.75) is 90.3 Å². The molecule has 2 amide bonds. The molecule has 4 heterocycles. The molecule has 1 aromatic heterocycles. The summed E-state index contributed by atoms with van der Waals surface area (Å²) in [4.78, 5) is 41.4. The van der Waals surface area contributed by atoms with Crippen molar-refractivity contribution in [3.8, 4) is 11.5 Å². The van der Waals surface area contributed by atoms with Crippen LogP contribution in [-0.2, 0) is 9.53 Å². The van der Waals surface area contributed by atoms with Crippen LogP contribution in [0.25, 0.3) is 0 Å². The van der Waals surface area contributed by atoms with Crippen molar-refractivity contribution in [2.24, 2.45) is 17.3 Å². The smallest absolute Gasteiger partial charge is 0.258 e. The van der Waals surface area contributed by atoms with Crippen LogP contribution in [0.5, 0.6) is 11.5 Å². The fourth-order valence-corrected chi connectivity index (χ4v) is 8.56. The van der Waals surface area contributed by atoms with Crippen LogP contribution in [-0.4, -0.2) is 95.6 Å². The molecule has 0 unspecified atom stereocenters. The van der Waals surface area contributed by atoms with Gasteiger partial charge in [0.2, 0.25) is 5.91 Å². The molecule has 10 nitrogen and oxygen atoms in total. The molecule has 4 aliphatic rings. The van der Waals surface area contributed by atoms with Crippen LogP contribution in [0, 0.1) is 23.1 Å². The first-order chi connectivity index (χ1) is 22.5. The largest absolute Gasteiger partial charge is 0.451 e. The highest BCUT2D eigenvalue weighted by Crippen LogP contribution is 2.46. The first-order valence-corrected chi connectivity index (χ1v) is 17.4. The number of ether oxygens (including phenoxy) is 2. The number of benzene rings is 1. The van der Waals surface area contributed by atoms with E-state index in [1.807, 2.05) is 27.7 Å². The first kappa shape index (κ1) is 33.6. The second-order valence-corrected chi connectivity index (χ2v) is 15.1. The number of methoxy groups -OCH3 is 1. The molecule has 6 rings (SSSR count). The summed E-state index contributed by atoms with van der Waals surface area (Å²) in [6, 6.07) is 3.97. The van der Waals surface area contributed by atoms with Crippen LogP contribution < -0.4 is 15.0 Å². The topological polar surface area (TPSA) is 100 Å². The molecule has 1 aliphatic carbocycles. The van der Waals surface area contributed by atoms with E-state index >= 15 is 0 Å². The maximum absolute atomic E-state index is 14.4. The average Bonchev–Trinajstić information content (AvgIpc) is 3.32. The molecule has 0 bridgehead atoms. The second-order valence-electron chi connectivity index (χ2n) is 15.1. The Hall–Kier alpha value is -3.31. The molecule has 1 aromatic carbocycles. The van der Waals surface area contributed by atoms with Gasteiger partial charge in [-0.15, -0.1) is 0 Å². The number of nitrogens with zero attached hydrogens (tertiary/aromatic N) is 5. The second kappa shape index (κ2) is 13.7. The van der Waals surface area contributed by atoms with Gasteiger partial charge in [0.1, 0.15) is 17.9 Å². The van der Waals surface area contributed by atoms with Crippen LogP contribution in [0.1, 0.15) is 83.0 Å². The van der Waals surface area contributed by atoms with Gasteiger partial charge in [-0.3, -0.25) is 9.59 Å². The lowest BCUT2D eigenvalue weighted by Gasteiger charge is -2.55. The molecule has 1 atom stereocenters. The Morgan fingerprint density at radius 2 is 1.79 bits per heavy atom. The molecular weight excluding hydrogens is 599 g/mol. The molecule has 11 heteroatoms. The SMILES string of the molecule is COC[C@@H]1CC2(CCC(CN3CCC4(CC3)CN(c3ncncc3Oc3ccc(F)cc3C(=O)N(C(C)C)C(C)C)C4)CC2)NC1=O. The van der Waals surface area contributed by atoms with Gasteiger partial charge in [-0.2, -0.15) is 0 Å². The van der Waals surface area contributed by atoms with E-state index < -0.39 is 5.82 Å². The minimum atomic E-state index is -0.487. The van der Waals surface area contributed by atoms with E-state index in [9.17, 15) is 14.0 Å². The third kappa shape index (κ3) is 7.11. The van der Waals surface area contributed by atoms with Gasteiger partial charge in [0.15, 0.2) is 11.6 Å². The predicted molar refractivity (Wildman–Crippen MR) is 178 cm³/mol. The number of rotatable bonds is 10. The molecular formula is C36H51FN6O4.